The number of ether oxygens (including phenoxy) is 2. The minimum absolute atomic E-state index is 0.312. The van der Waals surface area contributed by atoms with E-state index in [9.17, 15) is 0 Å². The van der Waals surface area contributed by atoms with Crippen molar-refractivity contribution >= 4 is 23.2 Å². The highest BCUT2D eigenvalue weighted by atomic mass is 35.5. The zero-order valence-electron chi connectivity index (χ0n) is 10.1. The van der Waals surface area contributed by atoms with E-state index in [1.54, 1.807) is 26.4 Å². The molecule has 0 saturated carbocycles. The highest BCUT2D eigenvalue weighted by Gasteiger charge is 2.10. The molecule has 17 heavy (non-hydrogen) atoms. The molecule has 0 unspecified atom stereocenters. The average Bonchev–Trinajstić information content (AvgIpc) is 2.29. The number of halogens is 1. The summed E-state index contributed by atoms with van der Waals surface area (Å²) < 4.78 is 10.3. The first kappa shape index (κ1) is 13.4. The van der Waals surface area contributed by atoms with Crippen molar-refractivity contribution in [1.82, 2.24) is 0 Å². The van der Waals surface area contributed by atoms with E-state index in [2.05, 4.69) is 10.3 Å². The van der Waals surface area contributed by atoms with Crippen LogP contribution in [0.15, 0.2) is 17.1 Å². The first-order valence-corrected chi connectivity index (χ1v) is 5.48. The summed E-state index contributed by atoms with van der Waals surface area (Å²) in [6, 6.07) is 3.36. The maximum Gasteiger partial charge on any atom is 0.193 e. The fourth-order valence-corrected chi connectivity index (χ4v) is 1.55. The van der Waals surface area contributed by atoms with Gasteiger partial charge in [-0.15, -0.1) is 0 Å². The van der Waals surface area contributed by atoms with Crippen LogP contribution in [-0.2, 0) is 0 Å². The van der Waals surface area contributed by atoms with Gasteiger partial charge in [-0.05, 0) is 13.0 Å². The number of nitrogens with two attached hydrogens (primary N) is 1. The minimum Gasteiger partial charge on any atom is -0.495 e. The van der Waals surface area contributed by atoms with Gasteiger partial charge in [0.25, 0.3) is 0 Å². The molecule has 3 N–H and O–H groups in total. The van der Waals surface area contributed by atoms with Gasteiger partial charge in [0.2, 0.25) is 0 Å². The Kier molecular flexibility index (Phi) is 4.90. The van der Waals surface area contributed by atoms with Crippen LogP contribution in [0.5, 0.6) is 11.5 Å². The smallest absolute Gasteiger partial charge is 0.193 e. The van der Waals surface area contributed by atoms with Gasteiger partial charge in [0, 0.05) is 12.6 Å². The fourth-order valence-electron chi connectivity index (χ4n) is 1.31. The summed E-state index contributed by atoms with van der Waals surface area (Å²) in [6.07, 6.45) is 0. The van der Waals surface area contributed by atoms with E-state index in [0.717, 1.165) is 0 Å². The number of aliphatic imine (C=N–C) groups is 1. The van der Waals surface area contributed by atoms with Gasteiger partial charge in [-0.1, -0.05) is 11.6 Å². The lowest BCUT2D eigenvalue weighted by Crippen LogP contribution is -2.23. The number of methoxy groups -OCH3 is 2. The molecule has 0 fully saturated rings. The molecule has 1 aromatic carbocycles. The molecule has 0 bridgehead atoms. The van der Waals surface area contributed by atoms with Crippen molar-refractivity contribution in [1.29, 1.82) is 0 Å². The number of nitrogens with zero attached hydrogens (tertiary/aromatic N) is 1. The number of anilines is 1. The van der Waals surface area contributed by atoms with Crippen molar-refractivity contribution in [3.05, 3.63) is 17.2 Å². The van der Waals surface area contributed by atoms with E-state index < -0.39 is 0 Å². The lowest BCUT2D eigenvalue weighted by atomic mass is 10.2. The van der Waals surface area contributed by atoms with Crippen molar-refractivity contribution in [3.8, 4) is 11.5 Å². The molecule has 0 heterocycles. The molecule has 0 radical (unpaired) electrons. The van der Waals surface area contributed by atoms with Crippen molar-refractivity contribution < 1.29 is 9.47 Å². The molecule has 0 saturated heterocycles. The summed E-state index contributed by atoms with van der Waals surface area (Å²) in [7, 11) is 3.10. The first-order chi connectivity index (χ1) is 8.12. The van der Waals surface area contributed by atoms with Crippen LogP contribution < -0.4 is 20.5 Å². The van der Waals surface area contributed by atoms with E-state index in [1.165, 1.54) is 0 Å². The lowest BCUT2D eigenvalue weighted by molar-refractivity contribution is 0.396. The molecule has 0 aliphatic rings. The summed E-state index contributed by atoms with van der Waals surface area (Å²) in [6.45, 7) is 2.50. The third-order valence-corrected chi connectivity index (χ3v) is 2.36. The monoisotopic (exact) mass is 257 g/mol. The number of hydrogen-bond donors (Lipinski definition) is 2. The van der Waals surface area contributed by atoms with E-state index in [1.807, 2.05) is 6.92 Å². The molecule has 0 aliphatic carbocycles. The van der Waals surface area contributed by atoms with Crippen molar-refractivity contribution in [2.24, 2.45) is 10.7 Å². The third kappa shape index (κ3) is 3.42. The summed E-state index contributed by atoms with van der Waals surface area (Å²) in [5.41, 5.74) is 6.32. The van der Waals surface area contributed by atoms with Gasteiger partial charge in [0.15, 0.2) is 5.96 Å². The summed E-state index contributed by atoms with van der Waals surface area (Å²) in [4.78, 5) is 4.02. The SMILES string of the molecule is CCN=C(N)Nc1cc(Cl)c(OC)cc1OC. The molecule has 6 heteroatoms. The van der Waals surface area contributed by atoms with Crippen LogP contribution >= 0.6 is 11.6 Å². The number of nitrogens with one attached hydrogen (secondary N) is 1. The molecule has 94 valence electrons. The third-order valence-electron chi connectivity index (χ3n) is 2.07. The fraction of sp³-hybridized carbons (Fsp3) is 0.364. The second-order valence-corrected chi connectivity index (χ2v) is 3.58. The maximum absolute atomic E-state index is 6.02. The predicted octanol–water partition coefficient (Wildman–Crippen LogP) is 2.10. The van der Waals surface area contributed by atoms with E-state index in [0.29, 0.717) is 34.7 Å². The molecule has 0 aliphatic heterocycles. The van der Waals surface area contributed by atoms with Gasteiger partial charge in [-0.2, -0.15) is 0 Å². The van der Waals surface area contributed by atoms with Crippen LogP contribution in [0.4, 0.5) is 5.69 Å². The highest BCUT2D eigenvalue weighted by molar-refractivity contribution is 6.32. The molecular weight excluding hydrogens is 242 g/mol. The van der Waals surface area contributed by atoms with E-state index in [-0.39, 0.29) is 0 Å². The zero-order valence-corrected chi connectivity index (χ0v) is 10.8. The Bertz CT molecular complexity index is 421. The normalized spacial score (nSPS) is 11.2. The summed E-state index contributed by atoms with van der Waals surface area (Å²) in [5.74, 6) is 1.44. The Labute approximate surface area is 106 Å². The van der Waals surface area contributed by atoms with Crippen LogP contribution in [0.3, 0.4) is 0 Å². The van der Waals surface area contributed by atoms with Crippen molar-refractivity contribution in [2.75, 3.05) is 26.1 Å². The van der Waals surface area contributed by atoms with Crippen molar-refractivity contribution in [3.63, 3.8) is 0 Å². The van der Waals surface area contributed by atoms with Gasteiger partial charge in [-0.25, -0.2) is 0 Å². The number of benzene rings is 1. The molecule has 0 amide bonds. The summed E-state index contributed by atoms with van der Waals surface area (Å²) >= 11 is 6.02. The number of hydrogen-bond acceptors (Lipinski definition) is 3. The second-order valence-electron chi connectivity index (χ2n) is 3.17. The number of guanidine groups is 1. The molecule has 5 nitrogen and oxygen atoms in total. The van der Waals surface area contributed by atoms with Crippen LogP contribution in [0.25, 0.3) is 0 Å². The Morgan fingerprint density at radius 3 is 2.53 bits per heavy atom. The Balaban J connectivity index is 3.06. The zero-order chi connectivity index (χ0) is 12.8. The summed E-state index contributed by atoms with van der Waals surface area (Å²) in [5, 5.41) is 3.39. The van der Waals surface area contributed by atoms with Crippen LogP contribution in [0.1, 0.15) is 6.92 Å². The molecule has 1 aromatic rings. The number of rotatable bonds is 4. The van der Waals surface area contributed by atoms with Crippen LogP contribution in [0.2, 0.25) is 5.02 Å². The largest absolute Gasteiger partial charge is 0.495 e. The molecule has 0 spiro atoms. The van der Waals surface area contributed by atoms with Gasteiger partial charge in [0.05, 0.1) is 24.9 Å². The average molecular weight is 258 g/mol. The van der Waals surface area contributed by atoms with E-state index >= 15 is 0 Å². The Morgan fingerprint density at radius 2 is 2.00 bits per heavy atom. The van der Waals surface area contributed by atoms with Gasteiger partial charge >= 0.3 is 0 Å². The minimum atomic E-state index is 0.312. The maximum atomic E-state index is 6.02. The molecule has 1 rings (SSSR count). The lowest BCUT2D eigenvalue weighted by Gasteiger charge is -2.13. The Morgan fingerprint density at radius 1 is 1.35 bits per heavy atom. The molecular formula is C11H16ClN3O2. The first-order valence-electron chi connectivity index (χ1n) is 5.10. The predicted molar refractivity (Wildman–Crippen MR) is 70.3 cm³/mol. The molecule has 0 aromatic heterocycles. The van der Waals surface area contributed by atoms with Gasteiger partial charge < -0.3 is 20.5 Å². The second kappa shape index (κ2) is 6.20. The topological polar surface area (TPSA) is 68.9 Å². The molecule has 0 atom stereocenters. The van der Waals surface area contributed by atoms with Crippen molar-refractivity contribution in [2.45, 2.75) is 6.92 Å². The quantitative estimate of drug-likeness (QED) is 0.640. The Hall–Kier alpha value is -1.62. The standard InChI is InChI=1S/C11H16ClN3O2/c1-4-14-11(13)15-8-5-7(12)9(16-2)6-10(8)17-3/h5-6H,4H2,1-3H3,(H3,13,14,15). The van der Waals surface area contributed by atoms with E-state index in [4.69, 9.17) is 26.8 Å². The highest BCUT2D eigenvalue weighted by Crippen LogP contribution is 2.35. The van der Waals surface area contributed by atoms with Crippen LogP contribution in [0, 0.1) is 0 Å². The van der Waals surface area contributed by atoms with Gasteiger partial charge in [-0.3, -0.25) is 4.99 Å². The van der Waals surface area contributed by atoms with Crippen LogP contribution in [-0.4, -0.2) is 26.7 Å². The van der Waals surface area contributed by atoms with Gasteiger partial charge in [0.1, 0.15) is 11.5 Å².